The number of nitrogens with one attached hydrogen (secondary N) is 1. The lowest BCUT2D eigenvalue weighted by atomic mass is 9.84. The first kappa shape index (κ1) is 20.2. The lowest BCUT2D eigenvalue weighted by Gasteiger charge is -2.29. The van der Waals surface area contributed by atoms with Crippen molar-refractivity contribution in [3.63, 3.8) is 0 Å². The van der Waals surface area contributed by atoms with E-state index in [4.69, 9.17) is 39.5 Å². The van der Waals surface area contributed by atoms with Crippen molar-refractivity contribution in [2.24, 2.45) is 11.6 Å². The Hall–Kier alpha value is -1.08. The van der Waals surface area contributed by atoms with E-state index in [1.54, 1.807) is 13.0 Å². The third kappa shape index (κ3) is 5.71. The smallest absolute Gasteiger partial charge is 0.358 e. The Kier molecular flexibility index (Phi) is 7.75. The van der Waals surface area contributed by atoms with E-state index in [1.165, 1.54) is 17.3 Å². The average Bonchev–Trinajstić information content (AvgIpc) is 2.55. The lowest BCUT2D eigenvalue weighted by Crippen LogP contribution is -2.31. The number of benzene rings is 1. The topological polar surface area (TPSA) is 90.4 Å². The van der Waals surface area contributed by atoms with Crippen LogP contribution in [0.15, 0.2) is 28.9 Å². The number of hydrazine groups is 1. The van der Waals surface area contributed by atoms with Crippen LogP contribution in [0.3, 0.4) is 0 Å². The molecule has 0 saturated heterocycles. The molecule has 0 heterocycles. The van der Waals surface area contributed by atoms with Gasteiger partial charge in [-0.2, -0.15) is 0 Å². The normalized spacial score (nSPS) is 21.4. The van der Waals surface area contributed by atoms with Gasteiger partial charge in [-0.25, -0.2) is 4.79 Å². The second-order valence-electron chi connectivity index (χ2n) is 5.90. The fourth-order valence-corrected chi connectivity index (χ4v) is 4.67. The van der Waals surface area contributed by atoms with E-state index in [1.807, 2.05) is 12.1 Å². The summed E-state index contributed by atoms with van der Waals surface area (Å²) in [6, 6.07) is 5.71. The summed E-state index contributed by atoms with van der Waals surface area (Å²) >= 11 is 13.7. The number of nitrogens with two attached hydrogens (primary N) is 2. The van der Waals surface area contributed by atoms with Gasteiger partial charge in [0.2, 0.25) is 0 Å². The van der Waals surface area contributed by atoms with Gasteiger partial charge in [0.25, 0.3) is 0 Å². The van der Waals surface area contributed by atoms with Crippen molar-refractivity contribution < 1.29 is 9.53 Å². The van der Waals surface area contributed by atoms with Gasteiger partial charge in [-0.15, -0.1) is 11.8 Å². The van der Waals surface area contributed by atoms with E-state index < -0.39 is 5.97 Å². The third-order valence-electron chi connectivity index (χ3n) is 4.19. The molecule has 0 radical (unpaired) electrons. The largest absolute Gasteiger partial charge is 0.461 e. The zero-order valence-electron chi connectivity index (χ0n) is 14.1. The molecule has 0 atom stereocenters. The molecule has 5 N–H and O–H groups in total. The third-order valence-corrected chi connectivity index (χ3v) is 5.89. The van der Waals surface area contributed by atoms with Crippen molar-refractivity contribution in [3.05, 3.63) is 44.5 Å². The highest BCUT2D eigenvalue weighted by Gasteiger charge is 2.25. The van der Waals surface area contributed by atoms with E-state index in [0.29, 0.717) is 26.2 Å². The van der Waals surface area contributed by atoms with Crippen LogP contribution in [0.4, 0.5) is 0 Å². The fraction of sp³-hybridized carbons (Fsp3) is 0.471. The standard InChI is InChI=1S/C17H23Cl2N3O2S/c1-2-24-17(23)15(22-21)16(20)25-14-5-3-10(4-6-14)11-7-12(18)9-13(19)8-11/h7-10,14,22H,2-6,20-21H2,1H3/b16-15+. The van der Waals surface area contributed by atoms with Crippen LogP contribution in [0, 0.1) is 0 Å². The molecule has 0 aliphatic heterocycles. The number of halogens is 2. The summed E-state index contributed by atoms with van der Waals surface area (Å²) in [5.41, 5.74) is 9.70. The number of carbonyl (C=O) groups excluding carboxylic acids is 1. The van der Waals surface area contributed by atoms with Crippen LogP contribution in [-0.4, -0.2) is 17.8 Å². The minimum atomic E-state index is -0.530. The monoisotopic (exact) mass is 403 g/mol. The van der Waals surface area contributed by atoms with Crippen LogP contribution in [0.25, 0.3) is 0 Å². The van der Waals surface area contributed by atoms with Crippen molar-refractivity contribution in [1.29, 1.82) is 0 Å². The Morgan fingerprint density at radius 3 is 2.36 bits per heavy atom. The van der Waals surface area contributed by atoms with Crippen molar-refractivity contribution in [3.8, 4) is 0 Å². The van der Waals surface area contributed by atoms with Crippen LogP contribution in [0.1, 0.15) is 44.1 Å². The van der Waals surface area contributed by atoms with E-state index in [0.717, 1.165) is 25.7 Å². The van der Waals surface area contributed by atoms with E-state index in [9.17, 15) is 4.79 Å². The molecule has 8 heteroatoms. The van der Waals surface area contributed by atoms with E-state index in [2.05, 4.69) is 5.43 Å². The molecule has 1 aromatic carbocycles. The summed E-state index contributed by atoms with van der Waals surface area (Å²) in [6.07, 6.45) is 4.01. The lowest BCUT2D eigenvalue weighted by molar-refractivity contribution is -0.139. The minimum Gasteiger partial charge on any atom is -0.461 e. The van der Waals surface area contributed by atoms with E-state index >= 15 is 0 Å². The van der Waals surface area contributed by atoms with Crippen molar-refractivity contribution >= 4 is 40.9 Å². The summed E-state index contributed by atoms with van der Waals surface area (Å²) in [7, 11) is 0. The first-order valence-corrected chi connectivity index (χ1v) is 9.84. The zero-order valence-corrected chi connectivity index (χ0v) is 16.4. The van der Waals surface area contributed by atoms with Crippen LogP contribution in [0.5, 0.6) is 0 Å². The second-order valence-corrected chi connectivity index (χ2v) is 8.11. The molecule has 1 fully saturated rings. The maximum atomic E-state index is 11.8. The molecule has 25 heavy (non-hydrogen) atoms. The van der Waals surface area contributed by atoms with Gasteiger partial charge in [-0.1, -0.05) is 23.2 Å². The number of thioether (sulfide) groups is 1. The van der Waals surface area contributed by atoms with Crippen LogP contribution in [-0.2, 0) is 9.53 Å². The molecule has 1 aliphatic rings. The Morgan fingerprint density at radius 2 is 1.84 bits per heavy atom. The molecule has 0 amide bonds. The van der Waals surface area contributed by atoms with Crippen molar-refractivity contribution in [2.75, 3.05) is 6.61 Å². The summed E-state index contributed by atoms with van der Waals surface area (Å²) in [5.74, 6) is 5.32. The number of hydrogen-bond donors (Lipinski definition) is 3. The predicted octanol–water partition coefficient (Wildman–Crippen LogP) is 3.91. The van der Waals surface area contributed by atoms with Gasteiger partial charge in [-0.3, -0.25) is 5.84 Å². The van der Waals surface area contributed by atoms with Gasteiger partial charge in [0.15, 0.2) is 5.70 Å². The van der Waals surface area contributed by atoms with Crippen LogP contribution >= 0.6 is 35.0 Å². The van der Waals surface area contributed by atoms with Gasteiger partial charge in [0, 0.05) is 15.3 Å². The number of carbonyl (C=O) groups is 1. The summed E-state index contributed by atoms with van der Waals surface area (Å²) in [4.78, 5) is 11.8. The number of ether oxygens (including phenoxy) is 1. The van der Waals surface area contributed by atoms with Crippen LogP contribution < -0.4 is 17.0 Å². The highest BCUT2D eigenvalue weighted by Crippen LogP contribution is 2.40. The molecule has 0 unspecified atom stereocenters. The summed E-state index contributed by atoms with van der Waals surface area (Å²) in [5, 5.41) is 2.04. The molecule has 1 saturated carbocycles. The molecule has 1 aliphatic carbocycles. The molecule has 0 spiro atoms. The van der Waals surface area contributed by atoms with Gasteiger partial charge >= 0.3 is 5.97 Å². The van der Waals surface area contributed by atoms with Crippen LogP contribution in [0.2, 0.25) is 10.0 Å². The molecule has 0 bridgehead atoms. The quantitative estimate of drug-likeness (QED) is 0.288. The Bertz CT molecular complexity index is 627. The van der Waals surface area contributed by atoms with Gasteiger partial charge in [-0.05, 0) is 62.3 Å². The number of hydrogen-bond acceptors (Lipinski definition) is 6. The summed E-state index contributed by atoms with van der Waals surface area (Å²) in [6.45, 7) is 2.01. The average molecular weight is 404 g/mol. The number of rotatable bonds is 6. The Balaban J connectivity index is 1.96. The fourth-order valence-electron chi connectivity index (χ4n) is 3.00. The first-order valence-electron chi connectivity index (χ1n) is 8.20. The Labute approximate surface area is 162 Å². The molecule has 1 aromatic rings. The highest BCUT2D eigenvalue weighted by atomic mass is 35.5. The van der Waals surface area contributed by atoms with Crippen molar-refractivity contribution in [2.45, 2.75) is 43.8 Å². The maximum Gasteiger partial charge on any atom is 0.358 e. The first-order chi connectivity index (χ1) is 11.9. The molecular formula is C17H23Cl2N3O2S. The SMILES string of the molecule is CCOC(=O)/C(NN)=C(/N)SC1CCC(c2cc(Cl)cc(Cl)c2)CC1. The molecule has 2 rings (SSSR count). The highest BCUT2D eigenvalue weighted by molar-refractivity contribution is 8.03. The van der Waals surface area contributed by atoms with Gasteiger partial charge in [0.1, 0.15) is 0 Å². The zero-order chi connectivity index (χ0) is 18.4. The molecule has 5 nitrogen and oxygen atoms in total. The second kappa shape index (κ2) is 9.57. The number of esters is 1. The maximum absolute atomic E-state index is 11.8. The van der Waals surface area contributed by atoms with Gasteiger partial charge < -0.3 is 15.9 Å². The molecule has 0 aromatic heterocycles. The van der Waals surface area contributed by atoms with Gasteiger partial charge in [0.05, 0.1) is 11.6 Å². The van der Waals surface area contributed by atoms with Crippen molar-refractivity contribution in [1.82, 2.24) is 5.43 Å². The predicted molar refractivity (Wildman–Crippen MR) is 104 cm³/mol. The molecule has 138 valence electrons. The summed E-state index contributed by atoms with van der Waals surface area (Å²) < 4.78 is 4.94. The Morgan fingerprint density at radius 1 is 1.24 bits per heavy atom. The van der Waals surface area contributed by atoms with E-state index in [-0.39, 0.29) is 12.3 Å². The molecular weight excluding hydrogens is 381 g/mol. The minimum absolute atomic E-state index is 0.121.